The van der Waals surface area contributed by atoms with Gasteiger partial charge in [0.15, 0.2) is 5.96 Å². The number of anilines is 1. The molecule has 3 rings (SSSR count). The van der Waals surface area contributed by atoms with Crippen molar-refractivity contribution in [3.05, 3.63) is 29.3 Å². The third kappa shape index (κ3) is 7.33. The number of rotatable bonds is 5. The number of nitrogens with zero attached hydrogens (tertiary/aromatic N) is 4. The van der Waals surface area contributed by atoms with E-state index in [1.165, 1.54) is 4.90 Å². The molecule has 5 nitrogen and oxygen atoms in total. The molecule has 0 aliphatic carbocycles. The predicted octanol–water partition coefficient (Wildman–Crippen LogP) is 3.93. The quantitative estimate of drug-likeness (QED) is 0.337. The van der Waals surface area contributed by atoms with Crippen molar-refractivity contribution in [2.45, 2.75) is 19.5 Å². The number of guanidine groups is 1. The Kier molecular flexibility index (Phi) is 9.80. The molecule has 2 heterocycles. The van der Waals surface area contributed by atoms with Crippen molar-refractivity contribution >= 4 is 47.2 Å². The van der Waals surface area contributed by atoms with Crippen molar-refractivity contribution in [2.75, 3.05) is 63.8 Å². The molecule has 0 amide bonds. The number of likely N-dealkylation sites (tertiary alicyclic amines) is 1. The smallest absolute Gasteiger partial charge is 0.367 e. The first-order chi connectivity index (χ1) is 13.9. The lowest BCUT2D eigenvalue weighted by Crippen LogP contribution is -2.52. The summed E-state index contributed by atoms with van der Waals surface area (Å²) in [6, 6.07) is 7.85. The maximum absolute atomic E-state index is 12.6. The second kappa shape index (κ2) is 11.6. The summed E-state index contributed by atoms with van der Waals surface area (Å²) in [5, 5.41) is 4.09. The number of halogens is 5. The summed E-state index contributed by atoms with van der Waals surface area (Å²) in [6.07, 6.45) is -3.37. The zero-order valence-corrected chi connectivity index (χ0v) is 20.3. The van der Waals surface area contributed by atoms with Crippen molar-refractivity contribution in [1.82, 2.24) is 15.1 Å². The molecule has 170 valence electrons. The molecular weight excluding hydrogens is 530 g/mol. The molecule has 1 atom stereocenters. The van der Waals surface area contributed by atoms with Crippen LogP contribution in [0.1, 0.15) is 13.3 Å². The first-order valence-corrected chi connectivity index (χ1v) is 10.6. The van der Waals surface area contributed by atoms with Crippen molar-refractivity contribution < 1.29 is 13.2 Å². The summed E-state index contributed by atoms with van der Waals surface area (Å²) in [6.45, 7) is 6.80. The molecule has 2 saturated heterocycles. The number of para-hydroxylation sites is 1. The standard InChI is InChI=1S/C20H29ClF3N5.HI/c1-2-25-19(26-13-16-7-8-27(14-16)15-20(22,23)24)29-11-9-28(10-12-29)18-6-4-3-5-17(18)21;/h3-6,16H,2,7-15H2,1H3,(H,25,26);1H. The third-order valence-corrected chi connectivity index (χ3v) is 5.70. The Morgan fingerprint density at radius 3 is 2.50 bits per heavy atom. The lowest BCUT2D eigenvalue weighted by Gasteiger charge is -2.38. The van der Waals surface area contributed by atoms with Crippen LogP contribution in [0.5, 0.6) is 0 Å². The fourth-order valence-corrected chi connectivity index (χ4v) is 4.22. The van der Waals surface area contributed by atoms with Gasteiger partial charge in [0, 0.05) is 45.8 Å². The van der Waals surface area contributed by atoms with Crippen LogP contribution in [0.25, 0.3) is 0 Å². The van der Waals surface area contributed by atoms with E-state index in [4.69, 9.17) is 16.6 Å². The molecule has 1 aromatic carbocycles. The van der Waals surface area contributed by atoms with E-state index < -0.39 is 12.7 Å². The number of nitrogens with one attached hydrogen (secondary N) is 1. The molecule has 2 fully saturated rings. The second-order valence-corrected chi connectivity index (χ2v) is 8.03. The van der Waals surface area contributed by atoms with Crippen LogP contribution in [0.4, 0.5) is 18.9 Å². The fourth-order valence-electron chi connectivity index (χ4n) is 3.97. The van der Waals surface area contributed by atoms with E-state index in [0.717, 1.165) is 55.8 Å². The lowest BCUT2D eigenvalue weighted by molar-refractivity contribution is -0.143. The number of aliphatic imine (C=N–C) groups is 1. The van der Waals surface area contributed by atoms with Crippen LogP contribution >= 0.6 is 35.6 Å². The Hall–Kier alpha value is -0.940. The molecular formula is C20H30ClF3IN5. The Labute approximate surface area is 198 Å². The monoisotopic (exact) mass is 559 g/mol. The molecule has 0 bridgehead atoms. The molecule has 1 unspecified atom stereocenters. The van der Waals surface area contributed by atoms with E-state index in [1.54, 1.807) is 0 Å². The van der Waals surface area contributed by atoms with Gasteiger partial charge in [0.05, 0.1) is 17.3 Å². The Balaban J connectivity index is 0.00000320. The molecule has 1 aromatic rings. The molecule has 0 spiro atoms. The topological polar surface area (TPSA) is 34.1 Å². The molecule has 10 heteroatoms. The highest BCUT2D eigenvalue weighted by Crippen LogP contribution is 2.26. The van der Waals surface area contributed by atoms with Gasteiger partial charge >= 0.3 is 6.18 Å². The van der Waals surface area contributed by atoms with Gasteiger partial charge in [-0.3, -0.25) is 9.89 Å². The molecule has 30 heavy (non-hydrogen) atoms. The maximum atomic E-state index is 12.6. The van der Waals surface area contributed by atoms with Gasteiger partial charge in [-0.2, -0.15) is 13.2 Å². The molecule has 0 aromatic heterocycles. The zero-order chi connectivity index (χ0) is 20.9. The normalized spacial score (nSPS) is 21.0. The number of piperazine rings is 1. The summed E-state index contributed by atoms with van der Waals surface area (Å²) < 4.78 is 37.7. The SMILES string of the molecule is CCNC(=NCC1CCN(CC(F)(F)F)C1)N1CCN(c2ccccc2Cl)CC1.I. The highest BCUT2D eigenvalue weighted by molar-refractivity contribution is 14.0. The summed E-state index contributed by atoms with van der Waals surface area (Å²) in [5.74, 6) is 1.02. The second-order valence-electron chi connectivity index (χ2n) is 7.63. The number of alkyl halides is 3. The maximum Gasteiger partial charge on any atom is 0.401 e. The number of benzene rings is 1. The van der Waals surface area contributed by atoms with Crippen molar-refractivity contribution in [1.29, 1.82) is 0 Å². The van der Waals surface area contributed by atoms with E-state index >= 15 is 0 Å². The van der Waals surface area contributed by atoms with Crippen molar-refractivity contribution in [3.8, 4) is 0 Å². The van der Waals surface area contributed by atoms with E-state index in [2.05, 4.69) is 15.1 Å². The predicted molar refractivity (Wildman–Crippen MR) is 127 cm³/mol. The Morgan fingerprint density at radius 2 is 1.87 bits per heavy atom. The first kappa shape index (κ1) is 25.3. The zero-order valence-electron chi connectivity index (χ0n) is 17.2. The van der Waals surface area contributed by atoms with E-state index in [0.29, 0.717) is 19.6 Å². The lowest BCUT2D eigenvalue weighted by atomic mass is 10.1. The minimum Gasteiger partial charge on any atom is -0.367 e. The Bertz CT molecular complexity index is 695. The molecule has 2 aliphatic rings. The van der Waals surface area contributed by atoms with Gasteiger partial charge in [-0.1, -0.05) is 23.7 Å². The fraction of sp³-hybridized carbons (Fsp3) is 0.650. The van der Waals surface area contributed by atoms with Gasteiger partial charge in [0.1, 0.15) is 0 Å². The van der Waals surface area contributed by atoms with E-state index in [1.807, 2.05) is 31.2 Å². The highest BCUT2D eigenvalue weighted by Gasteiger charge is 2.34. The Morgan fingerprint density at radius 1 is 1.17 bits per heavy atom. The summed E-state index contributed by atoms with van der Waals surface area (Å²) >= 11 is 6.31. The van der Waals surface area contributed by atoms with Gasteiger partial charge < -0.3 is 15.1 Å². The van der Waals surface area contributed by atoms with Crippen LogP contribution in [0.2, 0.25) is 5.02 Å². The number of hydrogen-bond donors (Lipinski definition) is 1. The van der Waals surface area contributed by atoms with Crippen molar-refractivity contribution in [2.24, 2.45) is 10.9 Å². The molecule has 2 aliphatic heterocycles. The van der Waals surface area contributed by atoms with E-state index in [-0.39, 0.29) is 29.9 Å². The van der Waals surface area contributed by atoms with Crippen LogP contribution in [-0.2, 0) is 0 Å². The average molecular weight is 560 g/mol. The van der Waals surface area contributed by atoms with Gasteiger partial charge in [0.2, 0.25) is 0 Å². The van der Waals surface area contributed by atoms with Crippen LogP contribution < -0.4 is 10.2 Å². The van der Waals surface area contributed by atoms with Crippen LogP contribution in [0.3, 0.4) is 0 Å². The molecule has 1 N–H and O–H groups in total. The summed E-state index contributed by atoms with van der Waals surface area (Å²) in [5.41, 5.74) is 1.05. The van der Waals surface area contributed by atoms with E-state index in [9.17, 15) is 13.2 Å². The number of hydrogen-bond acceptors (Lipinski definition) is 3. The van der Waals surface area contributed by atoms with Crippen LogP contribution in [0.15, 0.2) is 29.3 Å². The molecule has 0 radical (unpaired) electrons. The summed E-state index contributed by atoms with van der Waals surface area (Å²) in [7, 11) is 0. The van der Waals surface area contributed by atoms with Gasteiger partial charge in [-0.25, -0.2) is 0 Å². The third-order valence-electron chi connectivity index (χ3n) is 5.38. The average Bonchev–Trinajstić information content (AvgIpc) is 3.11. The highest BCUT2D eigenvalue weighted by atomic mass is 127. The van der Waals surface area contributed by atoms with Crippen molar-refractivity contribution in [3.63, 3.8) is 0 Å². The largest absolute Gasteiger partial charge is 0.401 e. The minimum atomic E-state index is -4.13. The minimum absolute atomic E-state index is 0. The molecule has 0 saturated carbocycles. The van der Waals surface area contributed by atoms with Gasteiger partial charge in [-0.15, -0.1) is 24.0 Å². The van der Waals surface area contributed by atoms with Gasteiger partial charge in [0.25, 0.3) is 0 Å². The van der Waals surface area contributed by atoms with Gasteiger partial charge in [-0.05, 0) is 37.9 Å². The first-order valence-electron chi connectivity index (χ1n) is 10.2. The van der Waals surface area contributed by atoms with Crippen LogP contribution in [-0.4, -0.2) is 80.8 Å². The van der Waals surface area contributed by atoms with Crippen LogP contribution in [0, 0.1) is 5.92 Å². The summed E-state index contributed by atoms with van der Waals surface area (Å²) in [4.78, 5) is 10.7.